The number of allylic oxidation sites excluding steroid dienone is 3. The molecule has 3 rings (SSSR count). The Morgan fingerprint density at radius 1 is 1.33 bits per heavy atom. The maximum atomic E-state index is 13.7. The van der Waals surface area contributed by atoms with E-state index < -0.39 is 53.0 Å². The largest absolute Gasteiger partial charge is 0.412 e. The third-order valence-corrected chi connectivity index (χ3v) is 7.54. The predicted molar refractivity (Wildman–Crippen MR) is 114 cm³/mol. The van der Waals surface area contributed by atoms with Crippen molar-refractivity contribution in [3.63, 3.8) is 0 Å². The summed E-state index contributed by atoms with van der Waals surface area (Å²) >= 11 is 0. The summed E-state index contributed by atoms with van der Waals surface area (Å²) in [6, 6.07) is -0.318. The number of aliphatic hydroxyl groups is 2. The van der Waals surface area contributed by atoms with Crippen LogP contribution in [-0.4, -0.2) is 65.8 Å². The van der Waals surface area contributed by atoms with Gasteiger partial charge in [-0.2, -0.15) is 13.2 Å². The summed E-state index contributed by atoms with van der Waals surface area (Å²) in [4.78, 5) is 13.1. The predicted octanol–water partition coefficient (Wildman–Crippen LogP) is 2.76. The van der Waals surface area contributed by atoms with Crippen molar-refractivity contribution in [3.8, 4) is 0 Å². The summed E-state index contributed by atoms with van der Waals surface area (Å²) in [6.07, 6.45) is -2.59. The van der Waals surface area contributed by atoms with Crippen LogP contribution in [0.3, 0.4) is 0 Å². The lowest BCUT2D eigenvalue weighted by atomic mass is 9.68. The second kappa shape index (κ2) is 9.64. The van der Waals surface area contributed by atoms with Crippen LogP contribution in [0.5, 0.6) is 0 Å². The van der Waals surface area contributed by atoms with Gasteiger partial charge in [0.1, 0.15) is 5.83 Å². The number of aliphatic hydroxyl groups excluding tert-OH is 1. The van der Waals surface area contributed by atoms with E-state index in [1.54, 1.807) is 13.8 Å². The molecule has 1 amide bonds. The molecule has 0 radical (unpaired) electrons. The van der Waals surface area contributed by atoms with Crippen LogP contribution >= 0.6 is 0 Å². The van der Waals surface area contributed by atoms with E-state index >= 15 is 0 Å². The van der Waals surface area contributed by atoms with Gasteiger partial charge in [0.05, 0.1) is 18.3 Å². The molecule has 0 aromatic heterocycles. The molecule has 5 unspecified atom stereocenters. The first-order chi connectivity index (χ1) is 15.2. The van der Waals surface area contributed by atoms with Crippen molar-refractivity contribution in [1.82, 2.24) is 10.6 Å². The highest BCUT2D eigenvalue weighted by Crippen LogP contribution is 2.50. The van der Waals surface area contributed by atoms with Crippen LogP contribution in [0, 0.1) is 17.3 Å². The number of hydrogen-bond donors (Lipinski definition) is 4. The summed E-state index contributed by atoms with van der Waals surface area (Å²) in [5.74, 6) is -2.76. The van der Waals surface area contributed by atoms with Gasteiger partial charge in [-0.05, 0) is 51.7 Å². The number of alkyl halides is 3. The number of carbonyl (C=O) groups excluding carboxylic acids is 1. The highest BCUT2D eigenvalue weighted by atomic mass is 19.4. The van der Waals surface area contributed by atoms with E-state index in [1.165, 1.54) is 0 Å². The molecule has 0 aromatic rings. The summed E-state index contributed by atoms with van der Waals surface area (Å²) in [7, 11) is 0. The Morgan fingerprint density at radius 3 is 2.64 bits per heavy atom. The fourth-order valence-electron chi connectivity index (χ4n) is 5.23. The lowest BCUT2D eigenvalue weighted by molar-refractivity contribution is -0.136. The third kappa shape index (κ3) is 5.96. The molecule has 10 heteroatoms. The molecule has 6 nitrogen and oxygen atoms in total. The molecule has 33 heavy (non-hydrogen) atoms. The highest BCUT2D eigenvalue weighted by molar-refractivity contribution is 5.80. The third-order valence-electron chi connectivity index (χ3n) is 7.54. The first-order valence-corrected chi connectivity index (χ1v) is 11.4. The summed E-state index contributed by atoms with van der Waals surface area (Å²) in [5.41, 5.74) is -2.97. The Kier molecular flexibility index (Phi) is 7.63. The normalized spacial score (nSPS) is 35.7. The quantitative estimate of drug-likeness (QED) is 0.441. The lowest BCUT2D eigenvalue weighted by Gasteiger charge is -2.41. The van der Waals surface area contributed by atoms with Gasteiger partial charge in [-0.25, -0.2) is 4.39 Å². The second-order valence-corrected chi connectivity index (χ2v) is 10.3. The van der Waals surface area contributed by atoms with Crippen LogP contribution in [0.15, 0.2) is 23.6 Å². The van der Waals surface area contributed by atoms with E-state index in [0.717, 1.165) is 6.08 Å². The van der Waals surface area contributed by atoms with Gasteiger partial charge in [0.2, 0.25) is 5.91 Å². The summed E-state index contributed by atoms with van der Waals surface area (Å²) in [6.45, 7) is 5.72. The molecule has 1 saturated carbocycles. The van der Waals surface area contributed by atoms with Crippen molar-refractivity contribution in [2.45, 2.75) is 76.4 Å². The minimum atomic E-state index is -4.62. The van der Waals surface area contributed by atoms with Crippen LogP contribution < -0.4 is 10.6 Å². The lowest BCUT2D eigenvalue weighted by Crippen LogP contribution is -2.51. The van der Waals surface area contributed by atoms with Crippen molar-refractivity contribution in [2.24, 2.45) is 17.3 Å². The molecule has 0 spiro atoms. The smallest absolute Gasteiger partial charge is 0.390 e. The average molecular weight is 479 g/mol. The molecule has 1 heterocycles. The molecule has 188 valence electrons. The van der Waals surface area contributed by atoms with Gasteiger partial charge in [-0.1, -0.05) is 6.92 Å². The minimum absolute atomic E-state index is 0.130. The zero-order valence-corrected chi connectivity index (χ0v) is 19.2. The van der Waals surface area contributed by atoms with Gasteiger partial charge >= 0.3 is 6.18 Å². The van der Waals surface area contributed by atoms with Crippen molar-refractivity contribution < 1.29 is 37.3 Å². The Morgan fingerprint density at radius 2 is 2.03 bits per heavy atom. The van der Waals surface area contributed by atoms with Crippen LogP contribution in [0.2, 0.25) is 0 Å². The van der Waals surface area contributed by atoms with E-state index in [0.29, 0.717) is 31.9 Å². The van der Waals surface area contributed by atoms with E-state index in [9.17, 15) is 32.6 Å². The van der Waals surface area contributed by atoms with Crippen LogP contribution in [-0.2, 0) is 9.53 Å². The average Bonchev–Trinajstić information content (AvgIpc) is 3.04. The van der Waals surface area contributed by atoms with Gasteiger partial charge in [-0.3, -0.25) is 4.79 Å². The first-order valence-electron chi connectivity index (χ1n) is 11.4. The molecule has 6 atom stereocenters. The number of halogens is 4. The second-order valence-electron chi connectivity index (χ2n) is 10.3. The van der Waals surface area contributed by atoms with Gasteiger partial charge in [-0.15, -0.1) is 0 Å². The topological polar surface area (TPSA) is 90.8 Å². The molecular weight excluding hydrogens is 444 g/mol. The molecule has 1 aliphatic heterocycles. The van der Waals surface area contributed by atoms with Gasteiger partial charge in [0.25, 0.3) is 0 Å². The maximum absolute atomic E-state index is 13.7. The fourth-order valence-corrected chi connectivity index (χ4v) is 5.23. The van der Waals surface area contributed by atoms with Crippen molar-refractivity contribution in [2.75, 3.05) is 19.8 Å². The SMILES string of the molecule is CC(C)(O)C1(C)CC(NC2CCOCC2O)C[C@H]1C(=O)NCC1C=C(F)C=C(C(F)(F)F)C1. The minimum Gasteiger partial charge on any atom is -0.390 e. The van der Waals surface area contributed by atoms with Crippen LogP contribution in [0.25, 0.3) is 0 Å². The number of rotatable bonds is 6. The van der Waals surface area contributed by atoms with E-state index in [4.69, 9.17) is 4.74 Å². The van der Waals surface area contributed by atoms with E-state index in [1.807, 2.05) is 6.92 Å². The van der Waals surface area contributed by atoms with Crippen LogP contribution in [0.4, 0.5) is 17.6 Å². The number of ether oxygens (including phenoxy) is 1. The van der Waals surface area contributed by atoms with Crippen molar-refractivity contribution in [3.05, 3.63) is 23.6 Å². The molecule has 2 fully saturated rings. The number of nitrogens with one attached hydrogen (secondary N) is 2. The Bertz CT molecular complexity index is 792. The molecule has 1 saturated heterocycles. The number of hydrogen-bond acceptors (Lipinski definition) is 5. The standard InChI is InChI=1S/C23H34F4N2O4/c1-21(2,32)22(3)10-16(29-18-4-5-33-12-19(18)30)9-17(22)20(31)28-11-13-6-14(23(25,26)27)8-15(24)7-13/h7-8,13,16-19,29-30,32H,4-6,9-12H2,1-3H3,(H,28,31)/t13?,16?,17-,18?,19?,22?/m0/s1. The van der Waals surface area contributed by atoms with Gasteiger partial charge < -0.3 is 25.6 Å². The summed E-state index contributed by atoms with van der Waals surface area (Å²) < 4.78 is 58.0. The fraction of sp³-hybridized carbons (Fsp3) is 0.783. The van der Waals surface area contributed by atoms with Crippen molar-refractivity contribution >= 4 is 5.91 Å². The van der Waals surface area contributed by atoms with Crippen LogP contribution in [0.1, 0.15) is 46.5 Å². The molecule has 2 aliphatic carbocycles. The van der Waals surface area contributed by atoms with E-state index in [2.05, 4.69) is 10.6 Å². The Balaban J connectivity index is 1.66. The maximum Gasteiger partial charge on any atom is 0.412 e. The Hall–Kier alpha value is -1.49. The van der Waals surface area contributed by atoms with Gasteiger partial charge in [0.15, 0.2) is 0 Å². The van der Waals surface area contributed by atoms with E-state index in [-0.39, 0.29) is 31.1 Å². The Labute approximate surface area is 191 Å². The summed E-state index contributed by atoms with van der Waals surface area (Å²) in [5, 5.41) is 27.2. The number of carbonyl (C=O) groups is 1. The zero-order valence-electron chi connectivity index (χ0n) is 19.2. The first kappa shape index (κ1) is 26.1. The molecule has 3 aliphatic rings. The monoisotopic (exact) mass is 478 g/mol. The molecular formula is C23H34F4N2O4. The number of amides is 1. The molecule has 4 N–H and O–H groups in total. The highest BCUT2D eigenvalue weighted by Gasteiger charge is 2.55. The molecule has 0 aromatic carbocycles. The zero-order chi connectivity index (χ0) is 24.6. The van der Waals surface area contributed by atoms with Gasteiger partial charge in [0, 0.05) is 48.1 Å². The molecule has 0 bridgehead atoms. The van der Waals surface area contributed by atoms with Crippen molar-refractivity contribution in [1.29, 1.82) is 0 Å².